The third-order valence-electron chi connectivity index (χ3n) is 1.51. The van der Waals surface area contributed by atoms with Crippen LogP contribution in [0.25, 0.3) is 0 Å². The van der Waals surface area contributed by atoms with Gasteiger partial charge in [0.1, 0.15) is 0 Å². The van der Waals surface area contributed by atoms with Crippen LogP contribution in [0.5, 0.6) is 0 Å². The molecule has 1 amide bonds. The average Bonchev–Trinajstić information content (AvgIpc) is 2.18. The van der Waals surface area contributed by atoms with Crippen molar-refractivity contribution in [1.82, 2.24) is 5.32 Å². The smallest absolute Gasteiger partial charge is 0.264 e. The first-order valence-corrected chi connectivity index (χ1v) is 4.15. The molecule has 0 atom stereocenters. The van der Waals surface area contributed by atoms with E-state index < -0.39 is 5.91 Å². The van der Waals surface area contributed by atoms with Gasteiger partial charge in [0.25, 0.3) is 5.91 Å². The number of nitriles is 1. The van der Waals surface area contributed by atoms with E-state index in [2.05, 4.69) is 0 Å². The van der Waals surface area contributed by atoms with E-state index in [9.17, 15) is 4.79 Å². The van der Waals surface area contributed by atoms with E-state index in [0.29, 0.717) is 11.4 Å². The molecule has 0 spiro atoms. The van der Waals surface area contributed by atoms with Crippen molar-refractivity contribution in [3.05, 3.63) is 35.4 Å². The minimum absolute atomic E-state index is 0.355. The van der Waals surface area contributed by atoms with E-state index >= 15 is 0 Å². The maximum absolute atomic E-state index is 11.1. The number of rotatable bonds is 2. The molecule has 1 rings (SSSR count). The molecule has 1 N–H and O–H groups in total. The van der Waals surface area contributed by atoms with E-state index in [1.165, 1.54) is 0 Å². The van der Waals surface area contributed by atoms with Crippen LogP contribution < -0.4 is 5.32 Å². The average molecular weight is 195 g/mol. The summed E-state index contributed by atoms with van der Waals surface area (Å²) in [5.41, 5.74) is 1.30. The van der Waals surface area contributed by atoms with E-state index in [0.717, 1.165) is 5.56 Å². The van der Waals surface area contributed by atoms with Gasteiger partial charge in [-0.3, -0.25) is 10.1 Å². The largest absolute Gasteiger partial charge is 0.268 e. The molecule has 13 heavy (non-hydrogen) atoms. The van der Waals surface area contributed by atoms with Crippen LogP contribution in [0.15, 0.2) is 24.3 Å². The van der Waals surface area contributed by atoms with Crippen LogP contribution in [-0.4, -0.2) is 5.91 Å². The van der Waals surface area contributed by atoms with Gasteiger partial charge in [-0.2, -0.15) is 5.26 Å². The van der Waals surface area contributed by atoms with Crippen molar-refractivity contribution in [2.75, 3.05) is 0 Å². The second kappa shape index (κ2) is 4.48. The Morgan fingerprint density at radius 3 is 3.00 bits per heavy atom. The fourth-order valence-corrected chi connectivity index (χ4v) is 1.08. The van der Waals surface area contributed by atoms with Crippen molar-refractivity contribution in [2.24, 2.45) is 0 Å². The quantitative estimate of drug-likeness (QED) is 0.442. The normalized spacial score (nSPS) is 8.92. The summed E-state index contributed by atoms with van der Waals surface area (Å²) in [6.07, 6.45) is 1.57. The number of halogens is 1. The lowest BCUT2D eigenvalue weighted by Gasteiger charge is -1.99. The summed E-state index contributed by atoms with van der Waals surface area (Å²) in [6.45, 7) is 0. The topological polar surface area (TPSA) is 52.9 Å². The molecular formula is C9H7ClN2O. The maximum Gasteiger partial charge on any atom is 0.264 e. The summed E-state index contributed by atoms with van der Waals surface area (Å²) in [7, 11) is 0. The SMILES string of the molecule is N#CNC(=O)c1cccc(CCl)c1. The first kappa shape index (κ1) is 9.56. The Morgan fingerprint density at radius 1 is 1.62 bits per heavy atom. The monoisotopic (exact) mass is 194 g/mol. The Hall–Kier alpha value is -1.53. The first-order valence-electron chi connectivity index (χ1n) is 3.62. The number of alkyl halides is 1. The van der Waals surface area contributed by atoms with Gasteiger partial charge in [0.05, 0.1) is 0 Å². The maximum atomic E-state index is 11.1. The zero-order valence-corrected chi connectivity index (χ0v) is 7.51. The van der Waals surface area contributed by atoms with Gasteiger partial charge in [0, 0.05) is 11.4 Å². The van der Waals surface area contributed by atoms with Gasteiger partial charge < -0.3 is 0 Å². The second-order valence-corrected chi connectivity index (χ2v) is 2.67. The van der Waals surface area contributed by atoms with Crippen LogP contribution >= 0.6 is 11.6 Å². The van der Waals surface area contributed by atoms with Gasteiger partial charge in [0.2, 0.25) is 0 Å². The van der Waals surface area contributed by atoms with Crippen molar-refractivity contribution >= 4 is 17.5 Å². The minimum Gasteiger partial charge on any atom is -0.268 e. The Kier molecular flexibility index (Phi) is 3.30. The Labute approximate surface area is 80.9 Å². The predicted molar refractivity (Wildman–Crippen MR) is 49.1 cm³/mol. The third-order valence-corrected chi connectivity index (χ3v) is 1.82. The molecule has 4 heteroatoms. The third kappa shape index (κ3) is 2.46. The van der Waals surface area contributed by atoms with E-state index in [1.54, 1.807) is 24.4 Å². The highest BCUT2D eigenvalue weighted by Crippen LogP contribution is 2.07. The highest BCUT2D eigenvalue weighted by atomic mass is 35.5. The molecule has 0 heterocycles. The van der Waals surface area contributed by atoms with Crippen LogP contribution in [0.1, 0.15) is 15.9 Å². The number of amides is 1. The second-order valence-electron chi connectivity index (χ2n) is 2.40. The molecule has 0 aliphatic carbocycles. The number of nitrogens with one attached hydrogen (secondary N) is 1. The Morgan fingerprint density at radius 2 is 2.38 bits per heavy atom. The molecule has 0 unspecified atom stereocenters. The van der Waals surface area contributed by atoms with Crippen molar-refractivity contribution in [3.8, 4) is 6.19 Å². The molecule has 0 aliphatic rings. The van der Waals surface area contributed by atoms with Crippen LogP contribution in [0.4, 0.5) is 0 Å². The number of carbonyl (C=O) groups is 1. The molecule has 1 aromatic carbocycles. The van der Waals surface area contributed by atoms with Gasteiger partial charge in [-0.25, -0.2) is 0 Å². The van der Waals surface area contributed by atoms with E-state index in [4.69, 9.17) is 16.9 Å². The van der Waals surface area contributed by atoms with E-state index in [-0.39, 0.29) is 0 Å². The summed E-state index contributed by atoms with van der Waals surface area (Å²) in [4.78, 5) is 11.1. The summed E-state index contributed by atoms with van der Waals surface area (Å²) >= 11 is 5.58. The van der Waals surface area contributed by atoms with E-state index in [1.807, 2.05) is 11.4 Å². The number of hydrogen-bond acceptors (Lipinski definition) is 2. The summed E-state index contributed by atoms with van der Waals surface area (Å²) in [6, 6.07) is 6.82. The van der Waals surface area contributed by atoms with Gasteiger partial charge in [-0.15, -0.1) is 11.6 Å². The molecule has 0 saturated heterocycles. The van der Waals surface area contributed by atoms with Gasteiger partial charge in [-0.1, -0.05) is 12.1 Å². The van der Waals surface area contributed by atoms with Crippen LogP contribution in [-0.2, 0) is 5.88 Å². The molecular weight excluding hydrogens is 188 g/mol. The van der Waals surface area contributed by atoms with Crippen LogP contribution in [0, 0.1) is 11.5 Å². The highest BCUT2D eigenvalue weighted by Gasteiger charge is 2.03. The predicted octanol–water partition coefficient (Wildman–Crippen LogP) is 1.64. The fourth-order valence-electron chi connectivity index (χ4n) is 0.919. The zero-order valence-electron chi connectivity index (χ0n) is 6.75. The number of benzene rings is 1. The fraction of sp³-hybridized carbons (Fsp3) is 0.111. The van der Waals surface area contributed by atoms with Crippen molar-refractivity contribution in [2.45, 2.75) is 5.88 Å². The van der Waals surface area contributed by atoms with Crippen LogP contribution in [0.3, 0.4) is 0 Å². The van der Waals surface area contributed by atoms with Crippen molar-refractivity contribution in [3.63, 3.8) is 0 Å². The molecule has 1 aromatic rings. The zero-order chi connectivity index (χ0) is 9.68. The Bertz CT molecular complexity index is 357. The molecule has 0 aromatic heterocycles. The highest BCUT2D eigenvalue weighted by molar-refractivity contribution is 6.17. The van der Waals surface area contributed by atoms with Gasteiger partial charge >= 0.3 is 0 Å². The summed E-state index contributed by atoms with van der Waals surface area (Å²) in [5.74, 6) is -0.0531. The molecule has 0 bridgehead atoms. The molecule has 66 valence electrons. The molecule has 0 fully saturated rings. The lowest BCUT2D eigenvalue weighted by molar-refractivity contribution is 0.0973. The lowest BCUT2D eigenvalue weighted by Crippen LogP contribution is -2.17. The summed E-state index contributed by atoms with van der Waals surface area (Å²) in [5, 5.41) is 10.3. The molecule has 0 radical (unpaired) electrons. The summed E-state index contributed by atoms with van der Waals surface area (Å²) < 4.78 is 0. The Balaban J connectivity index is 2.89. The number of carbonyl (C=O) groups excluding carboxylic acids is 1. The van der Waals surface area contributed by atoms with Gasteiger partial charge in [0.15, 0.2) is 6.19 Å². The standard InChI is InChI=1S/C9H7ClN2O/c10-5-7-2-1-3-8(4-7)9(13)12-6-11/h1-4H,5H2,(H,12,13). The van der Waals surface area contributed by atoms with Crippen molar-refractivity contribution < 1.29 is 4.79 Å². The first-order chi connectivity index (χ1) is 6.27. The molecule has 3 nitrogen and oxygen atoms in total. The minimum atomic E-state index is -0.408. The number of nitrogens with zero attached hydrogens (tertiary/aromatic N) is 1. The molecule has 0 saturated carbocycles. The van der Waals surface area contributed by atoms with Gasteiger partial charge in [-0.05, 0) is 17.7 Å². The molecule has 0 aliphatic heterocycles. The van der Waals surface area contributed by atoms with Crippen LogP contribution in [0.2, 0.25) is 0 Å². The number of hydrogen-bond donors (Lipinski definition) is 1. The lowest BCUT2D eigenvalue weighted by atomic mass is 10.1. The van der Waals surface area contributed by atoms with Crippen molar-refractivity contribution in [1.29, 1.82) is 5.26 Å².